The molecule has 0 amide bonds. The summed E-state index contributed by atoms with van der Waals surface area (Å²) >= 11 is 0. The molecule has 7 unspecified atom stereocenters. The van der Waals surface area contributed by atoms with Crippen LogP contribution in [0.4, 0.5) is 0 Å². The number of rotatable bonds is 1. The predicted octanol–water partition coefficient (Wildman–Crippen LogP) is 6.22. The van der Waals surface area contributed by atoms with Gasteiger partial charge in [0.05, 0.1) is 0 Å². The second kappa shape index (κ2) is 5.94. The van der Waals surface area contributed by atoms with Crippen molar-refractivity contribution in [1.29, 1.82) is 0 Å². The van der Waals surface area contributed by atoms with Gasteiger partial charge in [-0.3, -0.25) is 4.79 Å². The van der Waals surface area contributed by atoms with Crippen LogP contribution in [0.5, 0.6) is 0 Å². The van der Waals surface area contributed by atoms with Gasteiger partial charge in [-0.1, -0.05) is 34.1 Å². The van der Waals surface area contributed by atoms with Crippen molar-refractivity contribution < 1.29 is 9.59 Å². The maximum Gasteiger partial charge on any atom is 0.138 e. The normalized spacial score (nSPS) is 54.9. The minimum Gasteiger partial charge on any atom is -0.303 e. The summed E-state index contributed by atoms with van der Waals surface area (Å²) in [6.07, 6.45) is 14.6. The SMILES string of the molecule is CC1(C)C(=O)CCC2(C)C1CCC1(C)C3CCC4(C=O)CCC[C@@H]4C3CCC12. The summed E-state index contributed by atoms with van der Waals surface area (Å²) in [5, 5.41) is 0. The fourth-order valence-corrected chi connectivity index (χ4v) is 10.3. The number of Topliss-reactive ketones (excluding diaryl/α,β-unsaturated/α-hetero) is 1. The lowest BCUT2D eigenvalue weighted by molar-refractivity contribution is -0.195. The van der Waals surface area contributed by atoms with Gasteiger partial charge in [-0.25, -0.2) is 0 Å². The summed E-state index contributed by atoms with van der Waals surface area (Å²) in [4.78, 5) is 24.9. The lowest BCUT2D eigenvalue weighted by atomic mass is 9.36. The van der Waals surface area contributed by atoms with Crippen LogP contribution >= 0.6 is 0 Å². The smallest absolute Gasteiger partial charge is 0.138 e. The molecule has 5 aliphatic carbocycles. The van der Waals surface area contributed by atoms with Crippen LogP contribution in [0, 0.1) is 51.2 Å². The van der Waals surface area contributed by atoms with Gasteiger partial charge >= 0.3 is 0 Å². The zero-order valence-corrected chi connectivity index (χ0v) is 18.6. The van der Waals surface area contributed by atoms with Gasteiger partial charge < -0.3 is 4.79 Å². The third-order valence-electron chi connectivity index (χ3n) is 11.6. The predicted molar refractivity (Wildman–Crippen MR) is 112 cm³/mol. The topological polar surface area (TPSA) is 34.1 Å². The second-order valence-electron chi connectivity index (χ2n) is 12.5. The molecule has 0 aliphatic heterocycles. The van der Waals surface area contributed by atoms with E-state index in [0.717, 1.165) is 43.4 Å². The van der Waals surface area contributed by atoms with E-state index in [-0.39, 0.29) is 10.8 Å². The maximum atomic E-state index is 12.7. The first-order chi connectivity index (χ1) is 13.2. The highest BCUT2D eigenvalue weighted by Crippen LogP contribution is 2.72. The van der Waals surface area contributed by atoms with E-state index in [0.29, 0.717) is 28.4 Å². The van der Waals surface area contributed by atoms with Crippen molar-refractivity contribution >= 4 is 12.1 Å². The Morgan fingerprint density at radius 3 is 2.32 bits per heavy atom. The molecule has 0 spiro atoms. The minimum absolute atomic E-state index is 0.0325. The van der Waals surface area contributed by atoms with Gasteiger partial charge in [-0.15, -0.1) is 0 Å². The Balaban J connectivity index is 1.49. The quantitative estimate of drug-likeness (QED) is 0.503. The summed E-state index contributed by atoms with van der Waals surface area (Å²) in [6.45, 7) is 9.66. The molecular formula is C26H40O2. The van der Waals surface area contributed by atoms with Crippen molar-refractivity contribution in [3.63, 3.8) is 0 Å². The van der Waals surface area contributed by atoms with Crippen molar-refractivity contribution in [2.24, 2.45) is 51.2 Å². The van der Waals surface area contributed by atoms with Crippen LogP contribution in [-0.4, -0.2) is 12.1 Å². The highest BCUT2D eigenvalue weighted by Gasteiger charge is 2.66. The molecule has 0 N–H and O–H groups in total. The highest BCUT2D eigenvalue weighted by atomic mass is 16.1. The minimum atomic E-state index is -0.143. The molecule has 28 heavy (non-hydrogen) atoms. The summed E-state index contributed by atoms with van der Waals surface area (Å²) in [5.74, 6) is 4.07. The van der Waals surface area contributed by atoms with Crippen LogP contribution in [0.3, 0.4) is 0 Å². The maximum absolute atomic E-state index is 12.7. The van der Waals surface area contributed by atoms with Gasteiger partial charge in [0.25, 0.3) is 0 Å². The molecule has 5 rings (SSSR count). The number of carbonyl (C=O) groups excluding carboxylic acids is 2. The van der Waals surface area contributed by atoms with Gasteiger partial charge in [0.15, 0.2) is 0 Å². The van der Waals surface area contributed by atoms with E-state index in [1.54, 1.807) is 0 Å². The van der Waals surface area contributed by atoms with Crippen LogP contribution in [0.25, 0.3) is 0 Å². The third-order valence-corrected chi connectivity index (χ3v) is 11.6. The molecule has 5 aliphatic rings. The third kappa shape index (κ3) is 2.21. The number of aldehydes is 1. The van der Waals surface area contributed by atoms with Crippen molar-refractivity contribution in [1.82, 2.24) is 0 Å². The molecule has 2 heteroatoms. The largest absolute Gasteiger partial charge is 0.303 e. The number of ketones is 1. The molecule has 156 valence electrons. The Morgan fingerprint density at radius 1 is 0.786 bits per heavy atom. The zero-order chi connectivity index (χ0) is 19.9. The number of hydrogen-bond acceptors (Lipinski definition) is 2. The van der Waals surface area contributed by atoms with E-state index in [2.05, 4.69) is 27.7 Å². The Morgan fingerprint density at radius 2 is 1.57 bits per heavy atom. The molecule has 0 bridgehead atoms. The summed E-state index contributed by atoms with van der Waals surface area (Å²) in [5.41, 5.74) is 0.632. The fourth-order valence-electron chi connectivity index (χ4n) is 10.3. The fraction of sp³-hybridized carbons (Fsp3) is 0.923. The number of hydrogen-bond donors (Lipinski definition) is 0. The van der Waals surface area contributed by atoms with Gasteiger partial charge in [0.2, 0.25) is 0 Å². The average Bonchev–Trinajstić information content (AvgIpc) is 3.10. The summed E-state index contributed by atoms with van der Waals surface area (Å²) in [7, 11) is 0. The second-order valence-corrected chi connectivity index (χ2v) is 12.5. The van der Waals surface area contributed by atoms with E-state index in [4.69, 9.17) is 0 Å². The van der Waals surface area contributed by atoms with Gasteiger partial charge in [-0.05, 0) is 98.2 Å². The van der Waals surface area contributed by atoms with Crippen LogP contribution in [0.2, 0.25) is 0 Å². The highest BCUT2D eigenvalue weighted by molar-refractivity contribution is 5.85. The molecule has 0 saturated heterocycles. The average molecular weight is 385 g/mol. The van der Waals surface area contributed by atoms with E-state index < -0.39 is 0 Å². The van der Waals surface area contributed by atoms with E-state index >= 15 is 0 Å². The Hall–Kier alpha value is -0.660. The summed E-state index contributed by atoms with van der Waals surface area (Å²) < 4.78 is 0. The molecule has 0 aromatic carbocycles. The van der Waals surface area contributed by atoms with E-state index in [1.807, 2.05) is 0 Å². The molecule has 0 aromatic rings. The lowest BCUT2D eigenvalue weighted by Crippen LogP contribution is -2.62. The van der Waals surface area contributed by atoms with Crippen molar-refractivity contribution in [2.45, 2.75) is 98.3 Å². The van der Waals surface area contributed by atoms with Gasteiger partial charge in [0.1, 0.15) is 12.1 Å². The lowest BCUT2D eigenvalue weighted by Gasteiger charge is -2.68. The molecular weight excluding hydrogens is 344 g/mol. The molecule has 8 atom stereocenters. The monoisotopic (exact) mass is 384 g/mol. The zero-order valence-electron chi connectivity index (χ0n) is 18.6. The van der Waals surface area contributed by atoms with Crippen molar-refractivity contribution in [3.05, 3.63) is 0 Å². The van der Waals surface area contributed by atoms with Gasteiger partial charge in [-0.2, -0.15) is 0 Å². The first-order valence-electron chi connectivity index (χ1n) is 12.2. The van der Waals surface area contributed by atoms with E-state index in [1.165, 1.54) is 51.2 Å². The van der Waals surface area contributed by atoms with Crippen molar-refractivity contribution in [2.75, 3.05) is 0 Å². The Labute approximate surface area is 171 Å². The summed E-state index contributed by atoms with van der Waals surface area (Å²) in [6, 6.07) is 0. The van der Waals surface area contributed by atoms with Crippen LogP contribution in [-0.2, 0) is 9.59 Å². The van der Waals surface area contributed by atoms with Crippen LogP contribution in [0.1, 0.15) is 98.3 Å². The molecule has 5 saturated carbocycles. The van der Waals surface area contributed by atoms with Crippen LogP contribution in [0.15, 0.2) is 0 Å². The van der Waals surface area contributed by atoms with Gasteiger partial charge in [0, 0.05) is 17.3 Å². The molecule has 0 aromatic heterocycles. The Kier molecular flexibility index (Phi) is 4.10. The van der Waals surface area contributed by atoms with E-state index in [9.17, 15) is 9.59 Å². The first kappa shape index (κ1) is 19.3. The van der Waals surface area contributed by atoms with Crippen molar-refractivity contribution in [3.8, 4) is 0 Å². The first-order valence-corrected chi connectivity index (χ1v) is 12.2. The molecule has 0 radical (unpaired) electrons. The molecule has 2 nitrogen and oxygen atoms in total. The standard InChI is InChI=1S/C26H40O2/c1-23(2)20-10-13-24(3)18-9-15-26(16-27)12-5-6-19(26)17(18)7-8-21(24)25(20,4)14-11-22(23)28/h16-21H,5-15H2,1-4H3/t17?,18?,19-,20?,21?,24?,25?,26?/m1/s1. The van der Waals surface area contributed by atoms with Crippen LogP contribution < -0.4 is 0 Å². The molecule has 5 fully saturated rings. The molecule has 0 heterocycles. The number of carbonyl (C=O) groups is 2. The Bertz CT molecular complexity index is 695. The number of fused-ring (bicyclic) bond motifs is 7.